The number of carboxylic acid groups (broad SMARTS) is 1. The molecule has 0 unspecified atom stereocenters. The van der Waals surface area contributed by atoms with Gasteiger partial charge in [-0.05, 0) is 94.5 Å². The van der Waals surface area contributed by atoms with E-state index in [1.807, 2.05) is 4.90 Å². The van der Waals surface area contributed by atoms with Crippen molar-refractivity contribution in [2.24, 2.45) is 29.2 Å². The van der Waals surface area contributed by atoms with E-state index in [2.05, 4.69) is 10.6 Å². The van der Waals surface area contributed by atoms with Gasteiger partial charge in [-0.15, -0.1) is 0 Å². The van der Waals surface area contributed by atoms with Crippen LogP contribution in [0, 0.1) is 37.4 Å². The lowest BCUT2D eigenvalue weighted by molar-refractivity contribution is -0.155. The molecule has 10 atom stereocenters. The Morgan fingerprint density at radius 3 is 2.24 bits per heavy atom. The molecule has 5 bridgehead atoms. The summed E-state index contributed by atoms with van der Waals surface area (Å²) in [5, 5.41) is 50.6. The number of aromatic carboxylic acids is 1. The number of aliphatic hydroxyl groups excluding tert-OH is 2. The third kappa shape index (κ3) is 10.8. The van der Waals surface area contributed by atoms with Crippen LogP contribution in [0.5, 0.6) is 11.5 Å². The Balaban J connectivity index is 0.989. The fourth-order valence-corrected chi connectivity index (χ4v) is 12.2. The molecule has 7 heterocycles. The van der Waals surface area contributed by atoms with Gasteiger partial charge in [0.05, 0.1) is 70.7 Å². The third-order valence-corrected chi connectivity index (χ3v) is 17.2. The van der Waals surface area contributed by atoms with Gasteiger partial charge in [0.1, 0.15) is 34.6 Å². The lowest BCUT2D eigenvalue weighted by Gasteiger charge is -2.37. The number of carbonyl (C=O) groups is 6. The average molecular weight is 1140 g/mol. The minimum absolute atomic E-state index is 0.0476. The third-order valence-electron chi connectivity index (χ3n) is 17.2. The number of nitrogens with two attached hydrogens (primary N) is 2. The molecule has 10 rings (SSSR count). The zero-order valence-corrected chi connectivity index (χ0v) is 47.1. The maximum Gasteiger partial charge on any atom is 0.341 e. The highest BCUT2D eigenvalue weighted by molar-refractivity contribution is 6.32. The number of carboxylic acids is 1. The number of nitrogens with zero attached hydrogens (tertiary/aromatic N) is 3. The molecule has 1 aromatic carbocycles. The van der Waals surface area contributed by atoms with E-state index in [0.717, 1.165) is 42.2 Å². The first-order valence-corrected chi connectivity index (χ1v) is 27.7. The van der Waals surface area contributed by atoms with Crippen LogP contribution in [0.15, 0.2) is 64.6 Å². The quantitative estimate of drug-likeness (QED) is 0.142. The van der Waals surface area contributed by atoms with E-state index in [-0.39, 0.29) is 59.1 Å². The number of aliphatic hydroxyl groups is 2. The van der Waals surface area contributed by atoms with Gasteiger partial charge in [-0.3, -0.25) is 33.2 Å². The zero-order chi connectivity index (χ0) is 59.5. The number of amides is 1. The topological polar surface area (TPSA) is 324 Å². The van der Waals surface area contributed by atoms with E-state index < -0.39 is 129 Å². The van der Waals surface area contributed by atoms with Crippen LogP contribution >= 0.6 is 0 Å². The fourth-order valence-electron chi connectivity index (χ4n) is 12.2. The molecular formula is C59H72FN7O15. The molecule has 2 aliphatic carbocycles. The van der Waals surface area contributed by atoms with Crippen LogP contribution < -0.4 is 37.3 Å². The number of phenolic OH excluding ortho intramolecular Hbond substituents is 1. The lowest BCUT2D eigenvalue weighted by Crippen LogP contribution is -2.60. The Morgan fingerprint density at radius 1 is 0.915 bits per heavy atom. The summed E-state index contributed by atoms with van der Waals surface area (Å²) in [7, 11) is 1.35. The number of allylic oxidation sites excluding steroid dienone is 4. The van der Waals surface area contributed by atoms with Crippen molar-refractivity contribution in [3.63, 3.8) is 0 Å². The number of ether oxygens (including phenoxy) is 4. The first kappa shape index (κ1) is 59.3. The molecule has 23 heteroatoms. The van der Waals surface area contributed by atoms with Gasteiger partial charge in [0.2, 0.25) is 11.6 Å². The number of phenols is 1. The number of aryl methyl sites for hydroxylation is 1. The summed E-state index contributed by atoms with van der Waals surface area (Å²) in [4.78, 5) is 100. The molecule has 0 spiro atoms. The second-order valence-electron chi connectivity index (χ2n) is 22.8. The summed E-state index contributed by atoms with van der Waals surface area (Å²) < 4.78 is 40.7. The number of anilines is 1. The van der Waals surface area contributed by atoms with E-state index >= 15 is 14.0 Å². The number of piperidine rings is 1. The molecule has 3 aromatic rings. The first-order valence-electron chi connectivity index (χ1n) is 27.7. The van der Waals surface area contributed by atoms with Crippen LogP contribution in [0.2, 0.25) is 0 Å². The number of esters is 1. The fraction of sp³-hybridized carbons (Fsp3) is 0.508. The van der Waals surface area contributed by atoms with Gasteiger partial charge in [-0.1, -0.05) is 32.1 Å². The molecular weight excluding hydrogens is 1070 g/mol. The van der Waals surface area contributed by atoms with Gasteiger partial charge in [0.15, 0.2) is 5.82 Å². The standard InChI is InChI=1S/C59H72FN7O15/c1-26-10-9-11-27(2)56(75)64-44-47(65-18-14-32(15-19-65)23-63-34-16-20-66(24-34)46-29(4)45-35(33-12-13-33)22-36(58(77)78)57(76)67(45)25-37(46)60)51(72)39-40(50(44)71)49(70)30(5)53-41(39)55(74)59(7,82-53)80-21-17-38(79-8)28(3)54(81-31(6)68)43(62)52(73)42(61)48(26)69/h9-11,17,21-22,25-26,28,32-34,38,42-43,48,52,54,63,69-70,73H,12-16,18-20,23-24,61-62H2,1-8H3,(H,64,75)(H,77,78)/b10-9+,21-17?,27-11-/t26-,28+,34-,38-,42+,43+,48-,52+,54+,59-/m0/s1. The van der Waals surface area contributed by atoms with Crippen LogP contribution in [-0.2, 0) is 23.8 Å². The molecule has 7 aliphatic rings. The van der Waals surface area contributed by atoms with Gasteiger partial charge in [-0.25, -0.2) is 9.18 Å². The van der Waals surface area contributed by atoms with Crippen molar-refractivity contribution in [1.82, 2.24) is 19.9 Å². The van der Waals surface area contributed by atoms with Gasteiger partial charge in [0.25, 0.3) is 17.2 Å². The number of rotatable bonds is 9. The predicted octanol–water partition coefficient (Wildman–Crippen LogP) is 3.56. The number of likely N-dealkylation sites (tertiary alicyclic amines) is 1. The van der Waals surface area contributed by atoms with E-state index in [0.29, 0.717) is 55.7 Å². The van der Waals surface area contributed by atoms with Crippen LogP contribution in [-0.4, -0.2) is 153 Å². The molecule has 5 aliphatic heterocycles. The van der Waals surface area contributed by atoms with Crippen molar-refractivity contribution in [3.05, 3.63) is 115 Å². The Morgan fingerprint density at radius 2 is 1.60 bits per heavy atom. The lowest BCUT2D eigenvalue weighted by atomic mass is 9.81. The van der Waals surface area contributed by atoms with Crippen molar-refractivity contribution in [3.8, 4) is 11.5 Å². The van der Waals surface area contributed by atoms with Crippen molar-refractivity contribution in [2.75, 3.05) is 44.7 Å². The van der Waals surface area contributed by atoms with Crippen molar-refractivity contribution < 1.29 is 72.5 Å². The van der Waals surface area contributed by atoms with Crippen LogP contribution in [0.4, 0.5) is 10.1 Å². The number of Topliss-reactive ketones (excluding diaryl/α,β-unsaturated/α-hetero) is 3. The smallest absolute Gasteiger partial charge is 0.341 e. The number of benzene rings is 1. The molecule has 3 fully saturated rings. The molecule has 1 saturated carbocycles. The molecule has 1 amide bonds. The Kier molecular flexibility index (Phi) is 16.8. The SMILES string of the molecule is CO[C@H]1C=CO[C@@]2(C)Oc3c(C)c(O)c4c(c3C2=O)C(=O)C(N2CCC(CN[C@H]3CCN(c5c(F)cn6c(=O)c(C(=O)O)cc(C7CC7)c6c5C)C3)CC2)=C(NC(=O)/C(C)=C\C=C\[C@H](C)[C@H](O)[C@@H](N)[C@@H](O)[C@@H](N)[C@H](OC(C)=O)[C@@H]1C)C4=O. The number of fused-ring (bicyclic) bond motifs is 15. The maximum absolute atomic E-state index is 16.1. The first-order chi connectivity index (χ1) is 38.8. The molecule has 2 aromatic heterocycles. The van der Waals surface area contributed by atoms with E-state index in [4.69, 9.17) is 30.4 Å². The highest BCUT2D eigenvalue weighted by atomic mass is 19.1. The van der Waals surface area contributed by atoms with Gasteiger partial charge in [0, 0.05) is 76.2 Å². The number of halogens is 1. The average Bonchev–Trinajstić information content (AvgIpc) is 1.70. The maximum atomic E-state index is 16.1. The monoisotopic (exact) mass is 1140 g/mol. The summed E-state index contributed by atoms with van der Waals surface area (Å²) in [5.74, 6) is -10.6. The van der Waals surface area contributed by atoms with Crippen molar-refractivity contribution >= 4 is 46.4 Å². The van der Waals surface area contributed by atoms with E-state index in [1.165, 1.54) is 58.3 Å². The number of aromatic hydroxyl groups is 1. The number of nitrogens with one attached hydrogen (secondary N) is 2. The number of carbonyl (C=O) groups excluding carboxylic acids is 5. The van der Waals surface area contributed by atoms with Gasteiger partial charge < -0.3 is 71.3 Å². The minimum Gasteiger partial charge on any atom is -0.507 e. The molecule has 22 nitrogen and oxygen atoms in total. The summed E-state index contributed by atoms with van der Waals surface area (Å²) in [6.45, 7) is 12.3. The number of aromatic nitrogens is 1. The summed E-state index contributed by atoms with van der Waals surface area (Å²) in [6, 6.07) is -1.34. The van der Waals surface area contributed by atoms with E-state index in [9.17, 15) is 44.4 Å². The van der Waals surface area contributed by atoms with Crippen LogP contribution in [0.25, 0.3) is 5.52 Å². The zero-order valence-electron chi connectivity index (χ0n) is 47.1. The molecule has 82 heavy (non-hydrogen) atoms. The van der Waals surface area contributed by atoms with Crippen molar-refractivity contribution in [1.29, 1.82) is 0 Å². The van der Waals surface area contributed by atoms with Crippen LogP contribution in [0.1, 0.15) is 131 Å². The Labute approximate surface area is 472 Å². The number of hydrogen-bond acceptors (Lipinski definition) is 19. The normalized spacial score (nSPS) is 29.6. The second-order valence-corrected chi connectivity index (χ2v) is 22.8. The number of hydrogen-bond donors (Lipinski definition) is 8. The molecule has 10 N–H and O–H groups in total. The largest absolute Gasteiger partial charge is 0.507 e. The van der Waals surface area contributed by atoms with Crippen LogP contribution in [0.3, 0.4) is 0 Å². The van der Waals surface area contributed by atoms with Crippen molar-refractivity contribution in [2.45, 2.75) is 135 Å². The molecule has 0 radical (unpaired) electrons. The van der Waals surface area contributed by atoms with Gasteiger partial charge in [-0.2, -0.15) is 0 Å². The predicted molar refractivity (Wildman–Crippen MR) is 296 cm³/mol. The van der Waals surface area contributed by atoms with Gasteiger partial charge >= 0.3 is 17.7 Å². The Hall–Kier alpha value is -7.28. The Bertz CT molecular complexity index is 3340. The molecule has 2 saturated heterocycles. The highest BCUT2D eigenvalue weighted by Crippen LogP contribution is 2.49. The molecule has 440 valence electrons. The minimum atomic E-state index is -2.18. The van der Waals surface area contributed by atoms with E-state index in [1.54, 1.807) is 25.7 Å². The summed E-state index contributed by atoms with van der Waals surface area (Å²) in [6.07, 6.45) is 6.13. The number of pyridine rings is 2. The number of ketones is 3. The second kappa shape index (κ2) is 23.2. The summed E-state index contributed by atoms with van der Waals surface area (Å²) >= 11 is 0. The number of methoxy groups -OCH3 is 1. The summed E-state index contributed by atoms with van der Waals surface area (Å²) in [5.41, 5.74) is 12.0. The highest BCUT2D eigenvalue weighted by Gasteiger charge is 2.53.